The fourth-order valence-electron chi connectivity index (χ4n) is 3.39. The molecule has 0 spiro atoms. The summed E-state index contributed by atoms with van der Waals surface area (Å²) in [5.74, 6) is 0. The SMILES string of the molecule is CCCNC1CCCN(Cc2cccc3ccccc23)C1. The van der Waals surface area contributed by atoms with Gasteiger partial charge in [-0.3, -0.25) is 4.90 Å². The first-order chi connectivity index (χ1) is 10.4. The zero-order chi connectivity index (χ0) is 14.5. The highest BCUT2D eigenvalue weighted by atomic mass is 15.2. The molecule has 1 unspecified atom stereocenters. The van der Waals surface area contributed by atoms with Gasteiger partial charge in [-0.25, -0.2) is 0 Å². The molecule has 1 aliphatic rings. The predicted molar refractivity (Wildman–Crippen MR) is 90.5 cm³/mol. The minimum Gasteiger partial charge on any atom is -0.313 e. The second-order valence-corrected chi connectivity index (χ2v) is 6.17. The zero-order valence-electron chi connectivity index (χ0n) is 13.0. The molecule has 0 radical (unpaired) electrons. The van der Waals surface area contributed by atoms with Crippen molar-refractivity contribution in [2.75, 3.05) is 19.6 Å². The van der Waals surface area contributed by atoms with Crippen molar-refractivity contribution >= 4 is 10.8 Å². The third-order valence-electron chi connectivity index (χ3n) is 4.46. The number of piperidine rings is 1. The van der Waals surface area contributed by atoms with E-state index in [1.54, 1.807) is 0 Å². The normalized spacial score (nSPS) is 20.0. The summed E-state index contributed by atoms with van der Waals surface area (Å²) in [6.07, 6.45) is 3.86. The Morgan fingerprint density at radius 3 is 2.90 bits per heavy atom. The first-order valence-corrected chi connectivity index (χ1v) is 8.29. The minimum atomic E-state index is 0.675. The van der Waals surface area contributed by atoms with Gasteiger partial charge in [-0.2, -0.15) is 0 Å². The van der Waals surface area contributed by atoms with Crippen LogP contribution in [-0.4, -0.2) is 30.6 Å². The summed E-state index contributed by atoms with van der Waals surface area (Å²) in [7, 11) is 0. The molecular formula is C19H26N2. The van der Waals surface area contributed by atoms with Crippen LogP contribution in [0, 0.1) is 0 Å². The van der Waals surface area contributed by atoms with Gasteiger partial charge in [0.1, 0.15) is 0 Å². The number of likely N-dealkylation sites (tertiary alicyclic amines) is 1. The van der Waals surface area contributed by atoms with Gasteiger partial charge in [-0.1, -0.05) is 49.4 Å². The van der Waals surface area contributed by atoms with Crippen LogP contribution in [0.4, 0.5) is 0 Å². The molecule has 1 fully saturated rings. The number of benzene rings is 2. The average molecular weight is 282 g/mol. The fraction of sp³-hybridized carbons (Fsp3) is 0.474. The highest BCUT2D eigenvalue weighted by molar-refractivity contribution is 5.85. The van der Waals surface area contributed by atoms with Crippen LogP contribution < -0.4 is 5.32 Å². The molecule has 2 aromatic rings. The van der Waals surface area contributed by atoms with Crippen LogP contribution in [0.1, 0.15) is 31.7 Å². The quantitative estimate of drug-likeness (QED) is 0.897. The number of hydrogen-bond acceptors (Lipinski definition) is 2. The van der Waals surface area contributed by atoms with Gasteiger partial charge in [0.15, 0.2) is 0 Å². The predicted octanol–water partition coefficient (Wildman–Crippen LogP) is 3.80. The topological polar surface area (TPSA) is 15.3 Å². The number of hydrogen-bond donors (Lipinski definition) is 1. The summed E-state index contributed by atoms with van der Waals surface area (Å²) in [5, 5.41) is 6.44. The van der Waals surface area contributed by atoms with Crippen LogP contribution in [0.2, 0.25) is 0 Å². The van der Waals surface area contributed by atoms with Gasteiger partial charge in [0.25, 0.3) is 0 Å². The van der Waals surface area contributed by atoms with Gasteiger partial charge in [-0.05, 0) is 48.7 Å². The van der Waals surface area contributed by atoms with E-state index >= 15 is 0 Å². The molecule has 1 saturated heterocycles. The van der Waals surface area contributed by atoms with Gasteiger partial charge < -0.3 is 5.32 Å². The third kappa shape index (κ3) is 3.63. The summed E-state index contributed by atoms with van der Waals surface area (Å²) in [6.45, 7) is 6.87. The van der Waals surface area contributed by atoms with Gasteiger partial charge in [0.2, 0.25) is 0 Å². The molecule has 0 amide bonds. The number of nitrogens with zero attached hydrogens (tertiary/aromatic N) is 1. The van der Waals surface area contributed by atoms with E-state index in [2.05, 4.69) is 59.6 Å². The van der Waals surface area contributed by atoms with Gasteiger partial charge in [0.05, 0.1) is 0 Å². The van der Waals surface area contributed by atoms with Crippen molar-refractivity contribution in [1.29, 1.82) is 0 Å². The molecule has 112 valence electrons. The second kappa shape index (κ2) is 7.06. The number of nitrogens with one attached hydrogen (secondary N) is 1. The third-order valence-corrected chi connectivity index (χ3v) is 4.46. The zero-order valence-corrected chi connectivity index (χ0v) is 13.0. The molecule has 0 saturated carbocycles. The highest BCUT2D eigenvalue weighted by Gasteiger charge is 2.19. The lowest BCUT2D eigenvalue weighted by Gasteiger charge is -2.33. The Morgan fingerprint density at radius 2 is 2.00 bits per heavy atom. The molecule has 21 heavy (non-hydrogen) atoms. The van der Waals surface area contributed by atoms with Crippen LogP contribution in [0.3, 0.4) is 0 Å². The number of rotatable bonds is 5. The van der Waals surface area contributed by atoms with E-state index in [0.717, 1.165) is 13.1 Å². The van der Waals surface area contributed by atoms with Gasteiger partial charge >= 0.3 is 0 Å². The first-order valence-electron chi connectivity index (χ1n) is 8.29. The van der Waals surface area contributed by atoms with Crippen molar-refractivity contribution in [2.24, 2.45) is 0 Å². The lowest BCUT2D eigenvalue weighted by molar-refractivity contribution is 0.184. The lowest BCUT2D eigenvalue weighted by atomic mass is 10.0. The molecule has 1 aliphatic heterocycles. The molecule has 2 aromatic carbocycles. The van der Waals surface area contributed by atoms with Crippen molar-refractivity contribution < 1.29 is 0 Å². The Hall–Kier alpha value is -1.38. The van der Waals surface area contributed by atoms with Crippen molar-refractivity contribution in [3.8, 4) is 0 Å². The molecule has 1 N–H and O–H groups in total. The molecule has 0 aliphatic carbocycles. The van der Waals surface area contributed by atoms with Crippen LogP contribution in [0.15, 0.2) is 42.5 Å². The Bertz CT molecular complexity index is 573. The maximum Gasteiger partial charge on any atom is 0.0240 e. The number of fused-ring (bicyclic) bond motifs is 1. The van der Waals surface area contributed by atoms with Crippen LogP contribution in [0.5, 0.6) is 0 Å². The molecule has 1 heterocycles. The Balaban J connectivity index is 1.70. The molecule has 0 bridgehead atoms. The maximum absolute atomic E-state index is 3.68. The van der Waals surface area contributed by atoms with E-state index in [-0.39, 0.29) is 0 Å². The summed E-state index contributed by atoms with van der Waals surface area (Å²) in [4.78, 5) is 2.61. The minimum absolute atomic E-state index is 0.675. The second-order valence-electron chi connectivity index (χ2n) is 6.17. The first kappa shape index (κ1) is 14.6. The van der Waals surface area contributed by atoms with Crippen molar-refractivity contribution in [3.63, 3.8) is 0 Å². The van der Waals surface area contributed by atoms with E-state index in [9.17, 15) is 0 Å². The monoisotopic (exact) mass is 282 g/mol. The van der Waals surface area contributed by atoms with Crippen molar-refractivity contribution in [1.82, 2.24) is 10.2 Å². The fourth-order valence-corrected chi connectivity index (χ4v) is 3.39. The lowest BCUT2D eigenvalue weighted by Crippen LogP contribution is -2.45. The van der Waals surface area contributed by atoms with Crippen LogP contribution in [0.25, 0.3) is 10.8 Å². The van der Waals surface area contributed by atoms with Crippen molar-refractivity contribution in [3.05, 3.63) is 48.0 Å². The van der Waals surface area contributed by atoms with Crippen LogP contribution >= 0.6 is 0 Å². The van der Waals surface area contributed by atoms with E-state index in [4.69, 9.17) is 0 Å². The average Bonchev–Trinajstić information content (AvgIpc) is 2.54. The highest BCUT2D eigenvalue weighted by Crippen LogP contribution is 2.21. The summed E-state index contributed by atoms with van der Waals surface area (Å²) in [5.41, 5.74) is 1.46. The Kier molecular flexibility index (Phi) is 4.89. The molecule has 3 rings (SSSR count). The maximum atomic E-state index is 3.68. The van der Waals surface area contributed by atoms with E-state index < -0.39 is 0 Å². The summed E-state index contributed by atoms with van der Waals surface area (Å²) in [6, 6.07) is 16.1. The van der Waals surface area contributed by atoms with Gasteiger partial charge in [0, 0.05) is 19.1 Å². The molecule has 1 atom stereocenters. The van der Waals surface area contributed by atoms with Crippen molar-refractivity contribution in [2.45, 2.75) is 38.8 Å². The molecular weight excluding hydrogens is 256 g/mol. The smallest absolute Gasteiger partial charge is 0.0240 e. The van der Waals surface area contributed by atoms with Gasteiger partial charge in [-0.15, -0.1) is 0 Å². The Morgan fingerprint density at radius 1 is 1.14 bits per heavy atom. The summed E-state index contributed by atoms with van der Waals surface area (Å²) >= 11 is 0. The van der Waals surface area contributed by atoms with Crippen LogP contribution in [-0.2, 0) is 6.54 Å². The van der Waals surface area contributed by atoms with E-state index in [0.29, 0.717) is 6.04 Å². The largest absolute Gasteiger partial charge is 0.313 e. The molecule has 0 aromatic heterocycles. The summed E-state index contributed by atoms with van der Waals surface area (Å²) < 4.78 is 0. The van der Waals surface area contributed by atoms with E-state index in [1.807, 2.05) is 0 Å². The molecule has 2 heteroatoms. The Labute approximate surface area is 128 Å². The standard InChI is InChI=1S/C19H26N2/c1-2-12-20-18-10-6-13-21(15-18)14-17-9-5-8-16-7-3-4-11-19(16)17/h3-5,7-9,11,18,20H,2,6,10,12-15H2,1H3. The molecule has 2 nitrogen and oxygen atoms in total. The van der Waals surface area contributed by atoms with E-state index in [1.165, 1.54) is 48.7 Å².